The van der Waals surface area contributed by atoms with Crippen molar-refractivity contribution in [1.29, 1.82) is 0 Å². The third-order valence-electron chi connectivity index (χ3n) is 4.70. The number of aromatic nitrogens is 2. The average Bonchev–Trinajstić information content (AvgIpc) is 3.23. The molecule has 172 valence electrons. The number of carboxylic acid groups (broad SMARTS) is 1. The standard InChI is InChI=1S/C17H24N4O2S.C2HF3O2/c1-5-13-6-8-14(9-7-13)24(22,23)21-10-15-16(11-19(2)3)18-20(4)17(15)12-21;3-2(4,5)1(6)7/h6-9H,5,10-12H2,1-4H3;(H,6,7). The van der Waals surface area contributed by atoms with Crippen molar-refractivity contribution in [3.05, 3.63) is 46.8 Å². The number of aryl methyl sites for hydroxylation is 2. The van der Waals surface area contributed by atoms with Gasteiger partial charge in [0.05, 0.1) is 22.8 Å². The molecule has 1 aromatic heterocycles. The molecule has 8 nitrogen and oxygen atoms in total. The molecule has 0 amide bonds. The number of fused-ring (bicyclic) bond motifs is 1. The number of hydrogen-bond donors (Lipinski definition) is 1. The van der Waals surface area contributed by atoms with Crippen LogP contribution in [0.5, 0.6) is 0 Å². The molecule has 0 fully saturated rings. The predicted octanol–water partition coefficient (Wildman–Crippen LogP) is 2.38. The van der Waals surface area contributed by atoms with Crippen LogP contribution in [0.4, 0.5) is 13.2 Å². The van der Waals surface area contributed by atoms with Crippen LogP contribution in [0.1, 0.15) is 29.4 Å². The highest BCUT2D eigenvalue weighted by Crippen LogP contribution is 2.31. The predicted molar refractivity (Wildman–Crippen MR) is 107 cm³/mol. The van der Waals surface area contributed by atoms with Gasteiger partial charge in [0, 0.05) is 25.7 Å². The zero-order chi connectivity index (χ0) is 23.6. The second kappa shape index (κ2) is 9.37. The Labute approximate surface area is 178 Å². The molecule has 12 heteroatoms. The van der Waals surface area contributed by atoms with Crippen molar-refractivity contribution in [2.45, 2.75) is 44.1 Å². The Hall–Kier alpha value is -2.44. The van der Waals surface area contributed by atoms with E-state index in [1.807, 2.05) is 42.9 Å². The lowest BCUT2D eigenvalue weighted by atomic mass is 10.2. The van der Waals surface area contributed by atoms with Crippen molar-refractivity contribution < 1.29 is 31.5 Å². The maximum absolute atomic E-state index is 12.9. The summed E-state index contributed by atoms with van der Waals surface area (Å²) in [5.41, 5.74) is 4.12. The molecule has 0 radical (unpaired) electrons. The molecule has 0 saturated heterocycles. The summed E-state index contributed by atoms with van der Waals surface area (Å²) in [5, 5.41) is 11.7. The van der Waals surface area contributed by atoms with Crippen molar-refractivity contribution in [3.8, 4) is 0 Å². The van der Waals surface area contributed by atoms with Crippen molar-refractivity contribution >= 4 is 16.0 Å². The molecular weight excluding hydrogens is 437 g/mol. The molecule has 1 aromatic carbocycles. The number of hydrogen-bond acceptors (Lipinski definition) is 5. The van der Waals surface area contributed by atoms with Gasteiger partial charge in [0.2, 0.25) is 10.0 Å². The van der Waals surface area contributed by atoms with Crippen molar-refractivity contribution in [2.75, 3.05) is 14.1 Å². The molecule has 2 heterocycles. The Bertz CT molecular complexity index is 1030. The topological polar surface area (TPSA) is 95.7 Å². The number of sulfonamides is 1. The molecule has 0 bridgehead atoms. The van der Waals surface area contributed by atoms with Crippen molar-refractivity contribution in [3.63, 3.8) is 0 Å². The minimum Gasteiger partial charge on any atom is -0.475 e. The monoisotopic (exact) mass is 462 g/mol. The smallest absolute Gasteiger partial charge is 0.475 e. The van der Waals surface area contributed by atoms with Crippen molar-refractivity contribution in [2.24, 2.45) is 7.05 Å². The van der Waals surface area contributed by atoms with Crippen LogP contribution in [0.15, 0.2) is 29.2 Å². The van der Waals surface area contributed by atoms with Gasteiger partial charge >= 0.3 is 12.1 Å². The summed E-state index contributed by atoms with van der Waals surface area (Å²) in [5.74, 6) is -2.76. The number of carbonyl (C=O) groups is 1. The summed E-state index contributed by atoms with van der Waals surface area (Å²) >= 11 is 0. The van der Waals surface area contributed by atoms with Crippen LogP contribution in [-0.2, 0) is 47.9 Å². The number of alkyl halides is 3. The van der Waals surface area contributed by atoms with E-state index in [2.05, 4.69) is 12.0 Å². The maximum Gasteiger partial charge on any atom is 0.490 e. The van der Waals surface area contributed by atoms with Crippen LogP contribution in [-0.4, -0.2) is 58.8 Å². The number of rotatable bonds is 5. The van der Waals surface area contributed by atoms with Gasteiger partial charge in [-0.3, -0.25) is 4.68 Å². The molecule has 0 saturated carbocycles. The summed E-state index contributed by atoms with van der Waals surface area (Å²) in [7, 11) is 2.37. The zero-order valence-corrected chi connectivity index (χ0v) is 18.5. The van der Waals surface area contributed by atoms with Gasteiger partial charge in [-0.05, 0) is 38.2 Å². The van der Waals surface area contributed by atoms with Crippen molar-refractivity contribution in [1.82, 2.24) is 19.0 Å². The van der Waals surface area contributed by atoms with Crippen LogP contribution in [0.25, 0.3) is 0 Å². The van der Waals surface area contributed by atoms with Gasteiger partial charge in [0.25, 0.3) is 0 Å². The summed E-state index contributed by atoms with van der Waals surface area (Å²) in [6.07, 6.45) is -4.19. The molecule has 31 heavy (non-hydrogen) atoms. The minimum absolute atomic E-state index is 0.356. The Morgan fingerprint density at radius 3 is 2.19 bits per heavy atom. The van der Waals surface area contributed by atoms with E-state index in [1.165, 1.54) is 0 Å². The van der Waals surface area contributed by atoms with Gasteiger partial charge in [-0.15, -0.1) is 0 Å². The first kappa shape index (κ1) is 24.8. The van der Waals surface area contributed by atoms with Crippen LogP contribution >= 0.6 is 0 Å². The highest BCUT2D eigenvalue weighted by molar-refractivity contribution is 7.89. The molecule has 1 N–H and O–H groups in total. The van der Waals surface area contributed by atoms with E-state index in [9.17, 15) is 21.6 Å². The summed E-state index contributed by atoms with van der Waals surface area (Å²) in [6, 6.07) is 7.18. The summed E-state index contributed by atoms with van der Waals surface area (Å²) < 4.78 is 60.9. The fraction of sp³-hybridized carbons (Fsp3) is 0.474. The lowest BCUT2D eigenvalue weighted by Crippen LogP contribution is -2.27. The number of benzene rings is 1. The number of halogens is 3. The maximum atomic E-state index is 12.9. The van der Waals surface area contributed by atoms with E-state index in [4.69, 9.17) is 9.90 Å². The Morgan fingerprint density at radius 2 is 1.74 bits per heavy atom. The fourth-order valence-electron chi connectivity index (χ4n) is 3.09. The molecular formula is C19H25F3N4O4S. The molecule has 1 aliphatic heterocycles. The molecule has 3 rings (SSSR count). The second-order valence-corrected chi connectivity index (χ2v) is 9.24. The quantitative estimate of drug-likeness (QED) is 0.733. The first-order chi connectivity index (χ1) is 14.3. The number of nitrogens with zero attached hydrogens (tertiary/aromatic N) is 4. The summed E-state index contributed by atoms with van der Waals surface area (Å²) in [4.78, 5) is 11.3. The summed E-state index contributed by atoms with van der Waals surface area (Å²) in [6.45, 7) is 3.54. The third-order valence-corrected chi connectivity index (χ3v) is 6.50. The van der Waals surface area contributed by atoms with E-state index in [0.717, 1.165) is 28.9 Å². The highest BCUT2D eigenvalue weighted by Gasteiger charge is 2.38. The van der Waals surface area contributed by atoms with Crippen LogP contribution in [0.2, 0.25) is 0 Å². The minimum atomic E-state index is -5.08. The van der Waals surface area contributed by atoms with E-state index in [1.54, 1.807) is 16.4 Å². The number of carboxylic acids is 1. The van der Waals surface area contributed by atoms with Gasteiger partial charge < -0.3 is 10.0 Å². The Balaban J connectivity index is 0.000000423. The molecule has 0 aliphatic carbocycles. The van der Waals surface area contributed by atoms with Gasteiger partial charge in [0.15, 0.2) is 0 Å². The lowest BCUT2D eigenvalue weighted by molar-refractivity contribution is -0.192. The fourth-order valence-corrected chi connectivity index (χ4v) is 4.46. The molecule has 1 aliphatic rings. The number of aliphatic carboxylic acids is 1. The molecule has 0 atom stereocenters. The largest absolute Gasteiger partial charge is 0.490 e. The van der Waals surface area contributed by atoms with Gasteiger partial charge in [0.1, 0.15) is 0 Å². The first-order valence-corrected chi connectivity index (χ1v) is 10.8. The van der Waals surface area contributed by atoms with Crippen LogP contribution in [0.3, 0.4) is 0 Å². The van der Waals surface area contributed by atoms with Gasteiger partial charge in [-0.25, -0.2) is 13.2 Å². The zero-order valence-electron chi connectivity index (χ0n) is 17.6. The lowest BCUT2D eigenvalue weighted by Gasteiger charge is -2.17. The van der Waals surface area contributed by atoms with E-state index < -0.39 is 22.2 Å². The molecule has 2 aromatic rings. The van der Waals surface area contributed by atoms with E-state index in [0.29, 0.717) is 24.5 Å². The second-order valence-electron chi connectivity index (χ2n) is 7.31. The van der Waals surface area contributed by atoms with E-state index in [-0.39, 0.29) is 0 Å². The third kappa shape index (κ3) is 5.83. The Morgan fingerprint density at radius 1 is 1.19 bits per heavy atom. The van der Waals surface area contributed by atoms with Gasteiger partial charge in [-0.2, -0.15) is 22.6 Å². The first-order valence-electron chi connectivity index (χ1n) is 9.34. The Kier molecular flexibility index (Phi) is 7.50. The molecule has 0 unspecified atom stereocenters. The van der Waals surface area contributed by atoms with E-state index >= 15 is 0 Å². The van der Waals surface area contributed by atoms with Crippen LogP contribution < -0.4 is 0 Å². The SMILES string of the molecule is CCc1ccc(S(=O)(=O)N2Cc3c(CN(C)C)nn(C)c3C2)cc1.O=C(O)C(F)(F)F. The average molecular weight is 462 g/mol. The highest BCUT2D eigenvalue weighted by atomic mass is 32.2. The van der Waals surface area contributed by atoms with Gasteiger partial charge in [-0.1, -0.05) is 19.1 Å². The molecule has 0 spiro atoms. The van der Waals surface area contributed by atoms with Crippen LogP contribution in [0, 0.1) is 0 Å². The normalized spacial score (nSPS) is 14.3.